The lowest BCUT2D eigenvalue weighted by Gasteiger charge is -2.40. The number of likely N-dealkylation sites (tertiary alicyclic amines) is 2. The average Bonchev–Trinajstić information content (AvgIpc) is 3.53. The Balaban J connectivity index is 1.48. The number of hydrogen-bond acceptors (Lipinski definition) is 5. The number of aliphatic hydroxyl groups excluding tert-OH is 1. The second-order valence-corrected chi connectivity index (χ2v) is 8.82. The normalized spacial score (nSPS) is 21.6. The monoisotopic (exact) mass is 496 g/mol. The molecule has 5 rings (SSSR count). The van der Waals surface area contributed by atoms with Gasteiger partial charge in [0.25, 0.3) is 5.91 Å². The summed E-state index contributed by atoms with van der Waals surface area (Å²) in [5, 5.41) is 10.3. The van der Waals surface area contributed by atoms with Crippen molar-refractivity contribution in [2.45, 2.75) is 37.6 Å². The molecule has 2 aliphatic rings. The molecule has 0 bridgehead atoms. The van der Waals surface area contributed by atoms with Gasteiger partial charge in [0, 0.05) is 43.4 Å². The van der Waals surface area contributed by atoms with E-state index in [9.17, 15) is 27.9 Å². The molecule has 34 heavy (non-hydrogen) atoms. The molecule has 5 heterocycles. The van der Waals surface area contributed by atoms with Crippen LogP contribution in [0.4, 0.5) is 13.2 Å². The van der Waals surface area contributed by atoms with Crippen LogP contribution in [0.25, 0.3) is 16.8 Å². The van der Waals surface area contributed by atoms with Crippen molar-refractivity contribution < 1.29 is 32.3 Å². The zero-order valence-electron chi connectivity index (χ0n) is 17.8. The number of carbonyl (C=O) groups excluding carboxylic acids is 2. The number of imidazole rings is 1. The van der Waals surface area contributed by atoms with Crippen molar-refractivity contribution in [2.75, 3.05) is 19.6 Å². The van der Waals surface area contributed by atoms with Crippen LogP contribution in [-0.2, 0) is 11.0 Å². The van der Waals surface area contributed by atoms with Gasteiger partial charge in [-0.2, -0.15) is 13.2 Å². The van der Waals surface area contributed by atoms with Crippen LogP contribution < -0.4 is 0 Å². The summed E-state index contributed by atoms with van der Waals surface area (Å²) in [6.07, 6.45) is -0.212. The Morgan fingerprint density at radius 2 is 2.06 bits per heavy atom. The van der Waals surface area contributed by atoms with Gasteiger partial charge in [-0.1, -0.05) is 11.6 Å². The fourth-order valence-electron chi connectivity index (χ4n) is 4.69. The lowest BCUT2D eigenvalue weighted by atomic mass is 10.00. The summed E-state index contributed by atoms with van der Waals surface area (Å²) in [4.78, 5) is 32.1. The second-order valence-electron chi connectivity index (χ2n) is 8.46. The Bertz CT molecular complexity index is 1260. The molecule has 0 aromatic carbocycles. The third-order valence-electron chi connectivity index (χ3n) is 6.37. The van der Waals surface area contributed by atoms with E-state index in [1.54, 1.807) is 4.90 Å². The smallest absolute Gasteiger partial charge is 0.420 e. The topological polar surface area (TPSA) is 91.3 Å². The predicted molar refractivity (Wildman–Crippen MR) is 114 cm³/mol. The largest absolute Gasteiger partial charge is 0.472 e. The summed E-state index contributed by atoms with van der Waals surface area (Å²) in [6.45, 7) is 0.691. The molecule has 0 saturated carbocycles. The van der Waals surface area contributed by atoms with E-state index in [0.29, 0.717) is 24.9 Å². The maximum absolute atomic E-state index is 13.8. The first-order valence-electron chi connectivity index (χ1n) is 10.7. The van der Waals surface area contributed by atoms with E-state index in [4.69, 9.17) is 16.0 Å². The Morgan fingerprint density at radius 3 is 2.68 bits per heavy atom. The van der Waals surface area contributed by atoms with Crippen molar-refractivity contribution in [1.82, 2.24) is 19.2 Å². The zero-order chi connectivity index (χ0) is 24.2. The number of piperidine rings is 1. The van der Waals surface area contributed by atoms with E-state index in [1.807, 2.05) is 0 Å². The zero-order valence-corrected chi connectivity index (χ0v) is 18.5. The molecule has 2 amide bonds. The lowest BCUT2D eigenvalue weighted by molar-refractivity contribution is -0.136. The molecule has 12 heteroatoms. The summed E-state index contributed by atoms with van der Waals surface area (Å²) in [5.74, 6) is -0.711. The molecule has 2 aliphatic heterocycles. The number of furan rings is 1. The predicted octanol–water partition coefficient (Wildman–Crippen LogP) is 3.46. The van der Waals surface area contributed by atoms with Crippen LogP contribution in [0.2, 0.25) is 5.15 Å². The summed E-state index contributed by atoms with van der Waals surface area (Å²) in [5.41, 5.74) is -1.27. The van der Waals surface area contributed by atoms with Crippen molar-refractivity contribution >= 4 is 29.1 Å². The van der Waals surface area contributed by atoms with Gasteiger partial charge in [-0.05, 0) is 25.0 Å². The number of aliphatic hydroxyl groups is 1. The number of halogens is 4. The summed E-state index contributed by atoms with van der Waals surface area (Å²) in [6, 6.07) is 2.04. The van der Waals surface area contributed by atoms with E-state index in [0.717, 1.165) is 16.9 Å². The highest BCUT2D eigenvalue weighted by atomic mass is 35.5. The Kier molecular flexibility index (Phi) is 5.56. The van der Waals surface area contributed by atoms with Gasteiger partial charge in [0.2, 0.25) is 5.91 Å². The highest BCUT2D eigenvalue weighted by Crippen LogP contribution is 2.37. The SMILES string of the molecule is O=C(c1nc2c(C(F)(F)F)cc(-c3ccoc3)cn2c1Cl)N1CC[C@H](N2CCCC2=O)[C@@H](O)C1. The second kappa shape index (κ2) is 8.31. The van der Waals surface area contributed by atoms with Crippen LogP contribution in [0.5, 0.6) is 0 Å². The molecular formula is C22H20ClF3N4O4. The molecular weight excluding hydrogens is 477 g/mol. The van der Waals surface area contributed by atoms with Crippen LogP contribution in [0.3, 0.4) is 0 Å². The van der Waals surface area contributed by atoms with Crippen LogP contribution in [0.1, 0.15) is 35.3 Å². The van der Waals surface area contributed by atoms with Gasteiger partial charge in [0.15, 0.2) is 11.3 Å². The maximum Gasteiger partial charge on any atom is 0.420 e. The van der Waals surface area contributed by atoms with Gasteiger partial charge in [0.1, 0.15) is 5.15 Å². The average molecular weight is 497 g/mol. The number of nitrogens with zero attached hydrogens (tertiary/aromatic N) is 4. The quantitative estimate of drug-likeness (QED) is 0.599. The summed E-state index contributed by atoms with van der Waals surface area (Å²) in [7, 11) is 0. The van der Waals surface area contributed by atoms with E-state index in [1.165, 1.54) is 29.7 Å². The number of aromatic nitrogens is 2. The van der Waals surface area contributed by atoms with Crippen LogP contribution >= 0.6 is 11.6 Å². The number of carbonyl (C=O) groups is 2. The first kappa shape index (κ1) is 22.7. The Morgan fingerprint density at radius 1 is 1.26 bits per heavy atom. The summed E-state index contributed by atoms with van der Waals surface area (Å²) >= 11 is 6.36. The van der Waals surface area contributed by atoms with Gasteiger partial charge in [-0.3, -0.25) is 14.0 Å². The third kappa shape index (κ3) is 3.82. The Labute approximate surface area is 196 Å². The van der Waals surface area contributed by atoms with Crippen molar-refractivity contribution in [3.8, 4) is 11.1 Å². The van der Waals surface area contributed by atoms with E-state index < -0.39 is 35.4 Å². The first-order chi connectivity index (χ1) is 16.1. The fraction of sp³-hybridized carbons (Fsp3) is 0.409. The molecule has 2 fully saturated rings. The number of β-amino-alcohol motifs (C(OH)–C–C–N with tert-alkyl or cyclic N) is 1. The first-order valence-corrected chi connectivity index (χ1v) is 11.1. The number of fused-ring (bicyclic) bond motifs is 1. The number of rotatable bonds is 3. The van der Waals surface area contributed by atoms with Gasteiger partial charge >= 0.3 is 6.18 Å². The van der Waals surface area contributed by atoms with Crippen LogP contribution in [0.15, 0.2) is 35.3 Å². The molecule has 1 N–H and O–H groups in total. The number of pyridine rings is 1. The van der Waals surface area contributed by atoms with Crippen molar-refractivity contribution in [3.05, 3.63) is 47.3 Å². The van der Waals surface area contributed by atoms with Gasteiger partial charge in [-0.15, -0.1) is 0 Å². The van der Waals surface area contributed by atoms with Gasteiger partial charge in [-0.25, -0.2) is 4.98 Å². The maximum atomic E-state index is 13.8. The van der Waals surface area contributed by atoms with Gasteiger partial charge in [0.05, 0.1) is 30.2 Å². The highest BCUT2D eigenvalue weighted by Gasteiger charge is 2.40. The molecule has 3 aromatic heterocycles. The van der Waals surface area contributed by atoms with E-state index in [-0.39, 0.29) is 35.4 Å². The van der Waals surface area contributed by atoms with E-state index >= 15 is 0 Å². The Hall–Kier alpha value is -3.05. The molecule has 2 atom stereocenters. The molecule has 3 aromatic rings. The third-order valence-corrected chi connectivity index (χ3v) is 6.73. The van der Waals surface area contributed by atoms with Gasteiger partial charge < -0.3 is 19.3 Å². The van der Waals surface area contributed by atoms with Crippen LogP contribution in [0, 0.1) is 0 Å². The van der Waals surface area contributed by atoms with Crippen molar-refractivity contribution in [3.63, 3.8) is 0 Å². The minimum atomic E-state index is -4.74. The fourth-order valence-corrected chi connectivity index (χ4v) is 4.94. The molecule has 0 spiro atoms. The van der Waals surface area contributed by atoms with E-state index in [2.05, 4.69) is 4.98 Å². The number of alkyl halides is 3. The highest BCUT2D eigenvalue weighted by molar-refractivity contribution is 6.33. The molecule has 8 nitrogen and oxygen atoms in total. The molecule has 180 valence electrons. The number of amides is 2. The molecule has 0 aliphatic carbocycles. The summed E-state index contributed by atoms with van der Waals surface area (Å²) < 4.78 is 47.5. The van der Waals surface area contributed by atoms with Crippen molar-refractivity contribution in [2.24, 2.45) is 0 Å². The minimum Gasteiger partial charge on any atom is -0.472 e. The number of hydrogen-bond donors (Lipinski definition) is 1. The molecule has 0 unspecified atom stereocenters. The molecule has 2 saturated heterocycles. The van der Waals surface area contributed by atoms with Crippen LogP contribution in [-0.4, -0.2) is 67.9 Å². The van der Waals surface area contributed by atoms with Crippen molar-refractivity contribution in [1.29, 1.82) is 0 Å². The molecule has 0 radical (unpaired) electrons. The lowest BCUT2D eigenvalue weighted by Crippen LogP contribution is -2.55. The standard InChI is InChI=1S/C22H20ClF3N4O4/c23-19-18(21(33)28-6-3-15(16(31)10-28)29-5-1-2-17(29)32)27-20-14(22(24,25)26)8-13(9-30(19)20)12-4-7-34-11-12/h4,7-9,11,15-16,31H,1-3,5-6,10H2/t15-,16-/m0/s1. The minimum absolute atomic E-state index is 0.0275.